The van der Waals surface area contributed by atoms with Crippen LogP contribution >= 0.6 is 0 Å². The quantitative estimate of drug-likeness (QED) is 0.567. The average molecular weight is 321 g/mol. The number of aliphatic carboxylic acids is 1. The predicted molar refractivity (Wildman–Crippen MR) is 85.1 cm³/mol. The van der Waals surface area contributed by atoms with Gasteiger partial charge in [-0.3, -0.25) is 14.5 Å². The van der Waals surface area contributed by atoms with Crippen LogP contribution in [0, 0.1) is 0 Å². The van der Waals surface area contributed by atoms with E-state index in [1.54, 1.807) is 24.0 Å². The number of carboxylic acid groups (broad SMARTS) is 1. The minimum absolute atomic E-state index is 0.0285. The van der Waals surface area contributed by atoms with E-state index in [0.29, 0.717) is 30.9 Å². The highest BCUT2D eigenvalue weighted by atomic mass is 16.4. The summed E-state index contributed by atoms with van der Waals surface area (Å²) >= 11 is 0. The molecule has 1 fully saturated rings. The Balaban J connectivity index is 1.91. The highest BCUT2D eigenvalue weighted by molar-refractivity contribution is 5.95. The Bertz CT molecular complexity index is 575. The molecule has 2 rings (SSSR count). The summed E-state index contributed by atoms with van der Waals surface area (Å²) in [5, 5.41) is 18.1. The second-order valence-corrected chi connectivity index (χ2v) is 5.80. The molecule has 1 amide bonds. The molecule has 0 saturated carbocycles. The summed E-state index contributed by atoms with van der Waals surface area (Å²) in [6.45, 7) is 1.62. The SMILES string of the molecule is CC(O)c1ccc(N2C(=O)CC[C@H]2CC=CCCCC(=O)O)o1. The van der Waals surface area contributed by atoms with Gasteiger partial charge in [0.05, 0.1) is 0 Å². The van der Waals surface area contributed by atoms with Gasteiger partial charge < -0.3 is 14.6 Å². The summed E-state index contributed by atoms with van der Waals surface area (Å²) in [6, 6.07) is 3.45. The van der Waals surface area contributed by atoms with Crippen LogP contribution in [-0.2, 0) is 9.59 Å². The molecule has 0 bridgehead atoms. The normalized spacial score (nSPS) is 19.7. The zero-order chi connectivity index (χ0) is 16.8. The van der Waals surface area contributed by atoms with Crippen LogP contribution in [0.25, 0.3) is 0 Å². The molecule has 6 nitrogen and oxygen atoms in total. The third kappa shape index (κ3) is 4.69. The van der Waals surface area contributed by atoms with Gasteiger partial charge in [-0.05, 0) is 38.7 Å². The Hall–Kier alpha value is -2.08. The van der Waals surface area contributed by atoms with Gasteiger partial charge in [0.1, 0.15) is 11.9 Å². The fourth-order valence-corrected chi connectivity index (χ4v) is 2.71. The first-order valence-electron chi connectivity index (χ1n) is 7.95. The smallest absolute Gasteiger partial charge is 0.303 e. The van der Waals surface area contributed by atoms with Gasteiger partial charge in [-0.25, -0.2) is 0 Å². The molecule has 2 atom stereocenters. The van der Waals surface area contributed by atoms with E-state index in [2.05, 4.69) is 0 Å². The summed E-state index contributed by atoms with van der Waals surface area (Å²) in [5.74, 6) is 0.175. The van der Waals surface area contributed by atoms with Gasteiger partial charge in [0.25, 0.3) is 0 Å². The van der Waals surface area contributed by atoms with Crippen molar-refractivity contribution in [2.45, 2.75) is 57.6 Å². The Morgan fingerprint density at radius 3 is 2.91 bits per heavy atom. The van der Waals surface area contributed by atoms with Crippen LogP contribution in [-0.4, -0.2) is 28.1 Å². The maximum absolute atomic E-state index is 12.1. The standard InChI is InChI=1S/C17H23NO5/c1-12(19)14-9-11-16(23-14)18-13(8-10-15(18)20)6-4-2-3-5-7-17(21)22/h2,4,9,11-13,19H,3,5-8,10H2,1H3,(H,21,22)/t12?,13-/m1/s1. The molecule has 1 aliphatic heterocycles. The number of carbonyl (C=O) groups excluding carboxylic acids is 1. The van der Waals surface area contributed by atoms with Crippen molar-refractivity contribution in [2.75, 3.05) is 4.90 Å². The van der Waals surface area contributed by atoms with Gasteiger partial charge in [-0.1, -0.05) is 12.2 Å². The molecule has 0 spiro atoms. The van der Waals surface area contributed by atoms with E-state index in [4.69, 9.17) is 9.52 Å². The number of amides is 1. The Morgan fingerprint density at radius 1 is 1.48 bits per heavy atom. The molecule has 1 saturated heterocycles. The number of rotatable bonds is 8. The molecule has 1 unspecified atom stereocenters. The molecule has 1 aliphatic rings. The molecule has 0 radical (unpaired) electrons. The zero-order valence-electron chi connectivity index (χ0n) is 13.3. The molecule has 0 aromatic carbocycles. The first-order valence-corrected chi connectivity index (χ1v) is 7.95. The van der Waals surface area contributed by atoms with E-state index < -0.39 is 12.1 Å². The molecule has 2 heterocycles. The lowest BCUT2D eigenvalue weighted by Crippen LogP contribution is -2.32. The van der Waals surface area contributed by atoms with E-state index in [9.17, 15) is 14.7 Å². The second kappa shape index (κ2) is 7.97. The molecule has 1 aromatic rings. The summed E-state index contributed by atoms with van der Waals surface area (Å²) in [4.78, 5) is 24.2. The zero-order valence-corrected chi connectivity index (χ0v) is 13.3. The summed E-state index contributed by atoms with van der Waals surface area (Å²) in [5.41, 5.74) is 0. The molecular weight excluding hydrogens is 298 g/mol. The summed E-state index contributed by atoms with van der Waals surface area (Å²) < 4.78 is 5.57. The first kappa shape index (κ1) is 17.3. The molecule has 126 valence electrons. The number of carboxylic acids is 1. The Kier molecular flexibility index (Phi) is 5.98. The number of aliphatic hydroxyl groups is 1. The molecule has 2 N–H and O–H groups in total. The van der Waals surface area contributed by atoms with E-state index in [1.165, 1.54) is 0 Å². The minimum atomic E-state index is -0.780. The molecule has 0 aliphatic carbocycles. The number of furan rings is 1. The number of aliphatic hydroxyl groups excluding tert-OH is 1. The van der Waals surface area contributed by atoms with Crippen molar-refractivity contribution in [1.29, 1.82) is 0 Å². The van der Waals surface area contributed by atoms with E-state index in [0.717, 1.165) is 12.8 Å². The minimum Gasteiger partial charge on any atom is -0.481 e. The van der Waals surface area contributed by atoms with Crippen molar-refractivity contribution >= 4 is 17.8 Å². The molecule has 23 heavy (non-hydrogen) atoms. The van der Waals surface area contributed by atoms with Gasteiger partial charge in [-0.15, -0.1) is 0 Å². The number of anilines is 1. The maximum atomic E-state index is 12.1. The van der Waals surface area contributed by atoms with Crippen LogP contribution in [0.15, 0.2) is 28.7 Å². The van der Waals surface area contributed by atoms with Crippen LogP contribution in [0.5, 0.6) is 0 Å². The monoisotopic (exact) mass is 321 g/mol. The maximum Gasteiger partial charge on any atom is 0.303 e. The van der Waals surface area contributed by atoms with Crippen LogP contribution in [0.4, 0.5) is 5.88 Å². The second-order valence-electron chi connectivity index (χ2n) is 5.80. The lowest BCUT2D eigenvalue weighted by Gasteiger charge is -2.21. The predicted octanol–water partition coefficient (Wildman–Crippen LogP) is 3.03. The highest BCUT2D eigenvalue weighted by Crippen LogP contribution is 2.31. The van der Waals surface area contributed by atoms with E-state index >= 15 is 0 Å². The molecule has 1 aromatic heterocycles. The van der Waals surface area contributed by atoms with Crippen molar-refractivity contribution < 1.29 is 24.2 Å². The van der Waals surface area contributed by atoms with Crippen LogP contribution in [0.3, 0.4) is 0 Å². The fourth-order valence-electron chi connectivity index (χ4n) is 2.71. The third-order valence-corrected chi connectivity index (χ3v) is 3.92. The van der Waals surface area contributed by atoms with E-state index in [-0.39, 0.29) is 18.4 Å². The number of unbranched alkanes of at least 4 members (excludes halogenated alkanes) is 1. The number of hydrogen-bond acceptors (Lipinski definition) is 4. The largest absolute Gasteiger partial charge is 0.481 e. The van der Waals surface area contributed by atoms with Gasteiger partial charge in [0.15, 0.2) is 0 Å². The van der Waals surface area contributed by atoms with Gasteiger partial charge in [0, 0.05) is 24.9 Å². The van der Waals surface area contributed by atoms with Crippen molar-refractivity contribution in [2.24, 2.45) is 0 Å². The van der Waals surface area contributed by atoms with Crippen molar-refractivity contribution in [1.82, 2.24) is 0 Å². The number of carbonyl (C=O) groups is 2. The Morgan fingerprint density at radius 2 is 2.26 bits per heavy atom. The van der Waals surface area contributed by atoms with Crippen molar-refractivity contribution in [3.8, 4) is 0 Å². The first-order chi connectivity index (χ1) is 11.0. The van der Waals surface area contributed by atoms with Crippen molar-refractivity contribution in [3.05, 3.63) is 30.0 Å². The fraction of sp³-hybridized carbons (Fsp3) is 0.529. The van der Waals surface area contributed by atoms with Crippen LogP contribution < -0.4 is 4.90 Å². The summed E-state index contributed by atoms with van der Waals surface area (Å²) in [7, 11) is 0. The number of hydrogen-bond donors (Lipinski definition) is 2. The topological polar surface area (TPSA) is 91.0 Å². The highest BCUT2D eigenvalue weighted by Gasteiger charge is 2.33. The van der Waals surface area contributed by atoms with Gasteiger partial charge in [-0.2, -0.15) is 0 Å². The van der Waals surface area contributed by atoms with Crippen LogP contribution in [0.1, 0.15) is 57.3 Å². The van der Waals surface area contributed by atoms with Crippen LogP contribution in [0.2, 0.25) is 0 Å². The lowest BCUT2D eigenvalue weighted by atomic mass is 10.1. The lowest BCUT2D eigenvalue weighted by molar-refractivity contribution is -0.137. The Labute approximate surface area is 135 Å². The molecular formula is C17H23NO5. The number of nitrogens with zero attached hydrogens (tertiary/aromatic N) is 1. The molecule has 6 heteroatoms. The van der Waals surface area contributed by atoms with E-state index in [1.807, 2.05) is 12.2 Å². The average Bonchev–Trinajstić information content (AvgIpc) is 3.09. The third-order valence-electron chi connectivity index (χ3n) is 3.92. The van der Waals surface area contributed by atoms with Crippen molar-refractivity contribution in [3.63, 3.8) is 0 Å². The summed E-state index contributed by atoms with van der Waals surface area (Å²) in [6.07, 6.45) is 6.75. The van der Waals surface area contributed by atoms with Gasteiger partial charge >= 0.3 is 5.97 Å². The van der Waals surface area contributed by atoms with Gasteiger partial charge in [0.2, 0.25) is 11.8 Å². The number of allylic oxidation sites excluding steroid dienone is 1.